The minimum Gasteiger partial charge on any atom is -0.481 e. The van der Waals surface area contributed by atoms with Crippen LogP contribution in [0, 0.1) is 0 Å². The Hall–Kier alpha value is -3.06. The third-order valence-corrected chi connectivity index (χ3v) is 2.77. The fourth-order valence-electron chi connectivity index (χ4n) is 1.91. The van der Waals surface area contributed by atoms with Crippen molar-refractivity contribution in [3.05, 3.63) is 48.5 Å². The van der Waals surface area contributed by atoms with Crippen molar-refractivity contribution in [2.45, 2.75) is 0 Å². The third kappa shape index (κ3) is 5.01. The first-order valence-corrected chi connectivity index (χ1v) is 6.45. The lowest BCUT2D eigenvalue weighted by Gasteiger charge is -2.13. The topological polar surface area (TPSA) is 125 Å². The number of ether oxygens (including phenoxy) is 2. The Morgan fingerprint density at radius 3 is 1.43 bits per heavy atom. The van der Waals surface area contributed by atoms with Crippen molar-refractivity contribution in [3.63, 3.8) is 0 Å². The average Bonchev–Trinajstić information content (AvgIpc) is 2.51. The van der Waals surface area contributed by atoms with Gasteiger partial charge in [0.15, 0.2) is 13.2 Å². The zero-order valence-corrected chi connectivity index (χ0v) is 12.1. The molecule has 0 fully saturated rings. The van der Waals surface area contributed by atoms with Crippen molar-refractivity contribution in [1.29, 1.82) is 0 Å². The van der Waals surface area contributed by atoms with E-state index in [0.717, 1.165) is 0 Å². The summed E-state index contributed by atoms with van der Waals surface area (Å²) in [7, 11) is 0. The lowest BCUT2D eigenvalue weighted by molar-refractivity contribution is -0.140. The van der Waals surface area contributed by atoms with Gasteiger partial charge >= 0.3 is 11.9 Å². The van der Waals surface area contributed by atoms with Gasteiger partial charge in [-0.2, -0.15) is 0 Å². The van der Waals surface area contributed by atoms with E-state index in [1.54, 1.807) is 48.5 Å². The molecule has 0 aliphatic heterocycles. The molecule has 122 valence electrons. The van der Waals surface area contributed by atoms with Crippen LogP contribution in [-0.2, 0) is 9.59 Å². The molecular formula is C16H16O7. The predicted octanol–water partition coefficient (Wildman–Crippen LogP) is 1.46. The van der Waals surface area contributed by atoms with Gasteiger partial charge in [0.25, 0.3) is 0 Å². The van der Waals surface area contributed by atoms with Crippen LogP contribution in [0.4, 0.5) is 0 Å². The summed E-state index contributed by atoms with van der Waals surface area (Å²) in [6, 6.07) is 13.8. The molecule has 4 N–H and O–H groups in total. The first-order chi connectivity index (χ1) is 10.6. The van der Waals surface area contributed by atoms with E-state index in [4.69, 9.17) is 19.7 Å². The van der Waals surface area contributed by atoms with Crippen LogP contribution in [0.3, 0.4) is 0 Å². The van der Waals surface area contributed by atoms with E-state index >= 15 is 0 Å². The summed E-state index contributed by atoms with van der Waals surface area (Å²) in [4.78, 5) is 21.3. The van der Waals surface area contributed by atoms with Crippen molar-refractivity contribution in [2.24, 2.45) is 0 Å². The van der Waals surface area contributed by atoms with Gasteiger partial charge in [-0.15, -0.1) is 0 Å². The molecular weight excluding hydrogens is 304 g/mol. The van der Waals surface area contributed by atoms with Gasteiger partial charge in [-0.05, 0) is 12.1 Å². The molecule has 0 heterocycles. The minimum atomic E-state index is -1.08. The minimum absolute atomic E-state index is 0. The van der Waals surface area contributed by atoms with Crippen molar-refractivity contribution in [3.8, 4) is 22.6 Å². The van der Waals surface area contributed by atoms with Crippen LogP contribution in [-0.4, -0.2) is 40.8 Å². The van der Waals surface area contributed by atoms with Crippen molar-refractivity contribution in [1.82, 2.24) is 0 Å². The maximum absolute atomic E-state index is 10.6. The molecule has 2 aromatic rings. The molecule has 0 spiro atoms. The van der Waals surface area contributed by atoms with Crippen LogP contribution in [0.1, 0.15) is 0 Å². The highest BCUT2D eigenvalue weighted by atomic mass is 16.5. The molecule has 2 aromatic carbocycles. The number of rotatable bonds is 7. The van der Waals surface area contributed by atoms with E-state index in [9.17, 15) is 9.59 Å². The zero-order valence-electron chi connectivity index (χ0n) is 12.1. The van der Waals surface area contributed by atoms with E-state index in [2.05, 4.69) is 0 Å². The monoisotopic (exact) mass is 320 g/mol. The molecule has 0 aliphatic carbocycles. The smallest absolute Gasteiger partial charge is 0.341 e. The average molecular weight is 320 g/mol. The Morgan fingerprint density at radius 2 is 1.09 bits per heavy atom. The number of carboxylic acids is 2. The van der Waals surface area contributed by atoms with Gasteiger partial charge in [0.1, 0.15) is 11.5 Å². The molecule has 0 unspecified atom stereocenters. The number of para-hydroxylation sites is 2. The summed E-state index contributed by atoms with van der Waals surface area (Å²) < 4.78 is 10.5. The number of aliphatic carboxylic acids is 2. The largest absolute Gasteiger partial charge is 0.481 e. The Morgan fingerprint density at radius 1 is 0.739 bits per heavy atom. The third-order valence-electron chi connectivity index (χ3n) is 2.77. The van der Waals surface area contributed by atoms with Crippen LogP contribution in [0.25, 0.3) is 11.1 Å². The first kappa shape index (κ1) is 18.0. The second kappa shape index (κ2) is 8.40. The lowest BCUT2D eigenvalue weighted by Crippen LogP contribution is -2.11. The van der Waals surface area contributed by atoms with Crippen molar-refractivity contribution < 1.29 is 34.8 Å². The van der Waals surface area contributed by atoms with Gasteiger partial charge in [-0.3, -0.25) is 0 Å². The normalized spacial score (nSPS) is 9.57. The summed E-state index contributed by atoms with van der Waals surface area (Å²) in [6.07, 6.45) is 0. The van der Waals surface area contributed by atoms with Crippen LogP contribution in [0.15, 0.2) is 48.5 Å². The summed E-state index contributed by atoms with van der Waals surface area (Å²) in [6.45, 7) is -0.926. The Bertz CT molecular complexity index is 622. The van der Waals surface area contributed by atoms with Gasteiger partial charge in [0, 0.05) is 11.1 Å². The fourth-order valence-corrected chi connectivity index (χ4v) is 1.91. The number of carboxylic acid groups (broad SMARTS) is 2. The predicted molar refractivity (Wildman–Crippen MR) is 81.8 cm³/mol. The SMILES string of the molecule is O.O=C(O)COc1ccccc1-c1ccccc1OCC(=O)O. The van der Waals surface area contributed by atoms with E-state index in [1.807, 2.05) is 0 Å². The molecule has 0 bridgehead atoms. The quantitative estimate of drug-likeness (QED) is 0.795. The molecule has 0 aromatic heterocycles. The lowest BCUT2D eigenvalue weighted by atomic mass is 10.0. The molecule has 0 saturated carbocycles. The molecule has 0 saturated heterocycles. The molecule has 0 atom stereocenters. The summed E-state index contributed by atoms with van der Waals surface area (Å²) in [5.41, 5.74) is 1.26. The molecule has 0 aliphatic rings. The van der Waals surface area contributed by atoms with Crippen LogP contribution in [0.2, 0.25) is 0 Å². The highest BCUT2D eigenvalue weighted by Crippen LogP contribution is 2.36. The highest BCUT2D eigenvalue weighted by Gasteiger charge is 2.12. The molecule has 7 nitrogen and oxygen atoms in total. The number of carbonyl (C=O) groups is 2. The molecule has 0 radical (unpaired) electrons. The highest BCUT2D eigenvalue weighted by molar-refractivity contribution is 5.77. The second-order valence-electron chi connectivity index (χ2n) is 4.36. The number of hydrogen-bond acceptors (Lipinski definition) is 4. The van der Waals surface area contributed by atoms with E-state index in [1.165, 1.54) is 0 Å². The van der Waals surface area contributed by atoms with Gasteiger partial charge in [0.05, 0.1) is 0 Å². The maximum atomic E-state index is 10.6. The van der Waals surface area contributed by atoms with Crippen LogP contribution in [0.5, 0.6) is 11.5 Å². The molecule has 7 heteroatoms. The van der Waals surface area contributed by atoms with Crippen molar-refractivity contribution in [2.75, 3.05) is 13.2 Å². The van der Waals surface area contributed by atoms with Gasteiger partial charge in [-0.1, -0.05) is 36.4 Å². The zero-order chi connectivity index (χ0) is 15.9. The van der Waals surface area contributed by atoms with Gasteiger partial charge < -0.3 is 25.2 Å². The fraction of sp³-hybridized carbons (Fsp3) is 0.125. The molecule has 0 amide bonds. The molecule has 23 heavy (non-hydrogen) atoms. The van der Waals surface area contributed by atoms with E-state index in [0.29, 0.717) is 22.6 Å². The Kier molecular flexibility index (Phi) is 6.57. The summed E-state index contributed by atoms with van der Waals surface area (Å²) in [5, 5.41) is 17.4. The maximum Gasteiger partial charge on any atom is 0.341 e. The van der Waals surface area contributed by atoms with E-state index in [-0.39, 0.29) is 5.48 Å². The second-order valence-corrected chi connectivity index (χ2v) is 4.36. The molecule has 2 rings (SSSR count). The van der Waals surface area contributed by atoms with Crippen molar-refractivity contribution >= 4 is 11.9 Å². The first-order valence-electron chi connectivity index (χ1n) is 6.45. The van der Waals surface area contributed by atoms with Crippen LogP contribution >= 0.6 is 0 Å². The Labute approximate surface area is 132 Å². The van der Waals surface area contributed by atoms with E-state index < -0.39 is 25.2 Å². The van der Waals surface area contributed by atoms with Gasteiger partial charge in [-0.25, -0.2) is 9.59 Å². The van der Waals surface area contributed by atoms with Crippen LogP contribution < -0.4 is 9.47 Å². The number of benzene rings is 2. The van der Waals surface area contributed by atoms with Gasteiger partial charge in [0.2, 0.25) is 0 Å². The number of hydrogen-bond donors (Lipinski definition) is 2. The summed E-state index contributed by atoms with van der Waals surface area (Å²) >= 11 is 0. The summed E-state index contributed by atoms with van der Waals surface area (Å²) in [5.74, 6) is -1.39. The Balaban J connectivity index is 0.00000264. The standard InChI is InChI=1S/C16H14O6.H2O/c17-15(18)9-21-13-7-3-1-5-11(13)12-6-2-4-8-14(12)22-10-16(19)20;/h1-8H,9-10H2,(H,17,18)(H,19,20);1H2.